The van der Waals surface area contributed by atoms with Gasteiger partial charge in [0.25, 0.3) is 0 Å². The Labute approximate surface area is 122 Å². The molecule has 4 nitrogen and oxygen atoms in total. The molecule has 0 radical (unpaired) electrons. The van der Waals surface area contributed by atoms with Crippen LogP contribution < -0.4 is 0 Å². The Balaban J connectivity index is 1.90. The van der Waals surface area contributed by atoms with E-state index in [4.69, 9.17) is 4.52 Å². The number of hydrogen-bond acceptors (Lipinski definition) is 4. The zero-order valence-electron chi connectivity index (χ0n) is 13.2. The van der Waals surface area contributed by atoms with E-state index in [0.29, 0.717) is 18.2 Å². The summed E-state index contributed by atoms with van der Waals surface area (Å²) in [6, 6.07) is 0. The standard InChI is InChI=1S/C16H28N2O2/c1-10(2)12-5-7-13(8-6-12)16-17-15(20-18-16)9-14(19)11(3)4/h10-14,19H,5-9H2,1-4H3. The van der Waals surface area contributed by atoms with Gasteiger partial charge in [-0.2, -0.15) is 4.98 Å². The molecule has 0 spiro atoms. The van der Waals surface area contributed by atoms with Crippen molar-refractivity contribution >= 4 is 0 Å². The predicted molar refractivity (Wildman–Crippen MR) is 78.4 cm³/mol. The maximum Gasteiger partial charge on any atom is 0.229 e. The summed E-state index contributed by atoms with van der Waals surface area (Å²) in [6.07, 6.45) is 4.91. The Morgan fingerprint density at radius 1 is 1.15 bits per heavy atom. The Hall–Kier alpha value is -0.900. The van der Waals surface area contributed by atoms with Gasteiger partial charge in [0.1, 0.15) is 0 Å². The minimum Gasteiger partial charge on any atom is -0.392 e. The van der Waals surface area contributed by atoms with Gasteiger partial charge in [-0.1, -0.05) is 32.9 Å². The van der Waals surface area contributed by atoms with E-state index in [1.807, 2.05) is 13.8 Å². The minimum atomic E-state index is -0.403. The third-order valence-electron chi connectivity index (χ3n) is 4.72. The summed E-state index contributed by atoms with van der Waals surface area (Å²) < 4.78 is 5.29. The van der Waals surface area contributed by atoms with Gasteiger partial charge in [0.15, 0.2) is 5.82 Å². The molecule has 1 heterocycles. The first-order chi connectivity index (χ1) is 9.47. The molecule has 2 rings (SSSR count). The Bertz CT molecular complexity index is 406. The summed E-state index contributed by atoms with van der Waals surface area (Å²) in [5.41, 5.74) is 0. The van der Waals surface area contributed by atoms with Crippen molar-refractivity contribution in [2.45, 2.75) is 71.8 Å². The van der Waals surface area contributed by atoms with Crippen LogP contribution in [0.15, 0.2) is 4.52 Å². The minimum absolute atomic E-state index is 0.215. The smallest absolute Gasteiger partial charge is 0.229 e. The van der Waals surface area contributed by atoms with Gasteiger partial charge in [0.05, 0.1) is 12.5 Å². The summed E-state index contributed by atoms with van der Waals surface area (Å²) in [5.74, 6) is 3.70. The third kappa shape index (κ3) is 3.81. The summed E-state index contributed by atoms with van der Waals surface area (Å²) in [6.45, 7) is 8.61. The SMILES string of the molecule is CC(C)C(O)Cc1nc(C2CCC(C(C)C)CC2)no1. The van der Waals surface area contributed by atoms with Crippen LogP contribution in [0.5, 0.6) is 0 Å². The van der Waals surface area contributed by atoms with E-state index < -0.39 is 6.10 Å². The van der Waals surface area contributed by atoms with Crippen LogP contribution in [-0.2, 0) is 6.42 Å². The highest BCUT2D eigenvalue weighted by Crippen LogP contribution is 2.37. The normalized spacial score (nSPS) is 25.4. The van der Waals surface area contributed by atoms with E-state index in [0.717, 1.165) is 30.5 Å². The quantitative estimate of drug-likeness (QED) is 0.896. The maximum absolute atomic E-state index is 9.87. The number of rotatable bonds is 5. The molecular formula is C16H28N2O2. The molecule has 1 aliphatic rings. The molecule has 0 aliphatic heterocycles. The zero-order valence-corrected chi connectivity index (χ0v) is 13.2. The van der Waals surface area contributed by atoms with Gasteiger partial charge in [0, 0.05) is 5.92 Å². The number of hydrogen-bond donors (Lipinski definition) is 1. The zero-order chi connectivity index (χ0) is 14.7. The molecule has 0 aromatic carbocycles. The lowest BCUT2D eigenvalue weighted by Gasteiger charge is -2.29. The largest absolute Gasteiger partial charge is 0.392 e. The average Bonchev–Trinajstić information content (AvgIpc) is 2.87. The summed E-state index contributed by atoms with van der Waals surface area (Å²) in [5, 5.41) is 14.0. The van der Waals surface area contributed by atoms with Crippen molar-refractivity contribution in [3.63, 3.8) is 0 Å². The van der Waals surface area contributed by atoms with Crippen LogP contribution in [0, 0.1) is 17.8 Å². The van der Waals surface area contributed by atoms with Crippen LogP contribution in [0.1, 0.15) is 71.0 Å². The number of aliphatic hydroxyl groups is 1. The monoisotopic (exact) mass is 280 g/mol. The van der Waals surface area contributed by atoms with Crippen molar-refractivity contribution in [3.05, 3.63) is 11.7 Å². The fraction of sp³-hybridized carbons (Fsp3) is 0.875. The molecule has 1 aromatic rings. The lowest BCUT2D eigenvalue weighted by molar-refractivity contribution is 0.116. The third-order valence-corrected chi connectivity index (χ3v) is 4.72. The predicted octanol–water partition coefficient (Wildman–Crippen LogP) is 3.56. The van der Waals surface area contributed by atoms with E-state index >= 15 is 0 Å². The van der Waals surface area contributed by atoms with Crippen molar-refractivity contribution in [2.75, 3.05) is 0 Å². The Kier molecular flexibility index (Phi) is 5.19. The van der Waals surface area contributed by atoms with Gasteiger partial charge >= 0.3 is 0 Å². The van der Waals surface area contributed by atoms with E-state index in [-0.39, 0.29) is 5.92 Å². The first-order valence-electron chi connectivity index (χ1n) is 7.98. The molecule has 1 atom stereocenters. The van der Waals surface area contributed by atoms with Gasteiger partial charge in [-0.25, -0.2) is 0 Å². The van der Waals surface area contributed by atoms with Crippen molar-refractivity contribution in [1.29, 1.82) is 0 Å². The molecule has 1 saturated carbocycles. The van der Waals surface area contributed by atoms with Crippen LogP contribution in [0.2, 0.25) is 0 Å². The van der Waals surface area contributed by atoms with Crippen LogP contribution >= 0.6 is 0 Å². The van der Waals surface area contributed by atoms with Crippen molar-refractivity contribution in [3.8, 4) is 0 Å². The van der Waals surface area contributed by atoms with Crippen molar-refractivity contribution < 1.29 is 9.63 Å². The highest BCUT2D eigenvalue weighted by Gasteiger charge is 2.27. The number of aromatic nitrogens is 2. The lowest BCUT2D eigenvalue weighted by atomic mass is 9.77. The molecule has 0 amide bonds. The second-order valence-corrected chi connectivity index (χ2v) is 6.92. The maximum atomic E-state index is 9.87. The Morgan fingerprint density at radius 3 is 2.35 bits per heavy atom. The van der Waals surface area contributed by atoms with Crippen molar-refractivity contribution in [2.24, 2.45) is 17.8 Å². The fourth-order valence-electron chi connectivity index (χ4n) is 2.98. The molecule has 0 saturated heterocycles. The van der Waals surface area contributed by atoms with E-state index in [2.05, 4.69) is 24.0 Å². The Morgan fingerprint density at radius 2 is 1.80 bits per heavy atom. The summed E-state index contributed by atoms with van der Waals surface area (Å²) in [7, 11) is 0. The average molecular weight is 280 g/mol. The summed E-state index contributed by atoms with van der Waals surface area (Å²) in [4.78, 5) is 4.49. The van der Waals surface area contributed by atoms with Gasteiger partial charge < -0.3 is 9.63 Å². The first-order valence-corrected chi connectivity index (χ1v) is 7.98. The highest BCUT2D eigenvalue weighted by atomic mass is 16.5. The van der Waals surface area contributed by atoms with Crippen LogP contribution in [0.25, 0.3) is 0 Å². The summed E-state index contributed by atoms with van der Waals surface area (Å²) >= 11 is 0. The molecule has 1 aromatic heterocycles. The van der Waals surface area contributed by atoms with Crippen LogP contribution in [0.3, 0.4) is 0 Å². The molecule has 1 fully saturated rings. The molecule has 1 unspecified atom stereocenters. The number of aliphatic hydroxyl groups excluding tert-OH is 1. The van der Waals surface area contributed by atoms with Gasteiger partial charge in [-0.3, -0.25) is 0 Å². The molecule has 4 heteroatoms. The van der Waals surface area contributed by atoms with E-state index in [1.165, 1.54) is 12.8 Å². The number of nitrogens with zero attached hydrogens (tertiary/aromatic N) is 2. The second kappa shape index (κ2) is 6.70. The van der Waals surface area contributed by atoms with Gasteiger partial charge in [-0.15, -0.1) is 0 Å². The fourth-order valence-corrected chi connectivity index (χ4v) is 2.98. The van der Waals surface area contributed by atoms with E-state index in [9.17, 15) is 5.11 Å². The van der Waals surface area contributed by atoms with E-state index in [1.54, 1.807) is 0 Å². The molecule has 114 valence electrons. The van der Waals surface area contributed by atoms with Crippen LogP contribution in [0.4, 0.5) is 0 Å². The highest BCUT2D eigenvalue weighted by molar-refractivity contribution is 4.98. The lowest BCUT2D eigenvalue weighted by Crippen LogP contribution is -2.19. The van der Waals surface area contributed by atoms with Gasteiger partial charge in [-0.05, 0) is 43.4 Å². The first kappa shape index (κ1) is 15.5. The molecule has 0 bridgehead atoms. The molecule has 1 aliphatic carbocycles. The molecule has 1 N–H and O–H groups in total. The second-order valence-electron chi connectivity index (χ2n) is 6.92. The topological polar surface area (TPSA) is 59.2 Å². The van der Waals surface area contributed by atoms with Gasteiger partial charge in [0.2, 0.25) is 5.89 Å². The molecular weight excluding hydrogens is 252 g/mol. The van der Waals surface area contributed by atoms with Crippen LogP contribution in [-0.4, -0.2) is 21.4 Å². The molecule has 20 heavy (non-hydrogen) atoms. The van der Waals surface area contributed by atoms with Crippen molar-refractivity contribution in [1.82, 2.24) is 10.1 Å².